The van der Waals surface area contributed by atoms with Gasteiger partial charge in [-0.3, -0.25) is 0 Å². The Morgan fingerprint density at radius 2 is 1.95 bits per heavy atom. The van der Waals surface area contributed by atoms with E-state index in [9.17, 15) is 0 Å². The van der Waals surface area contributed by atoms with Crippen LogP contribution >= 0.6 is 0 Å². The Morgan fingerprint density at radius 3 is 2.60 bits per heavy atom. The van der Waals surface area contributed by atoms with Crippen molar-refractivity contribution >= 4 is 17.3 Å². The summed E-state index contributed by atoms with van der Waals surface area (Å²) in [7, 11) is 0. The summed E-state index contributed by atoms with van der Waals surface area (Å²) in [6.07, 6.45) is 2.49. The number of anilines is 3. The standard InChI is InChI=1S/C16H20N4/c1-3-20(14-7-5-4-6-8-14)16-11-15(17-12(2)18-16)19-13-9-10-13/h4-8,11,13H,3,9-10H2,1-2H3,(H,17,18,19). The quantitative estimate of drug-likeness (QED) is 0.901. The lowest BCUT2D eigenvalue weighted by molar-refractivity contribution is 0.946. The first-order valence-electron chi connectivity index (χ1n) is 7.21. The third-order valence-corrected chi connectivity index (χ3v) is 3.41. The van der Waals surface area contributed by atoms with Gasteiger partial charge in [0.2, 0.25) is 0 Å². The number of benzene rings is 1. The number of para-hydroxylation sites is 1. The predicted molar refractivity (Wildman–Crippen MR) is 82.5 cm³/mol. The van der Waals surface area contributed by atoms with Crippen LogP contribution in [-0.2, 0) is 0 Å². The Balaban J connectivity index is 1.92. The molecule has 1 heterocycles. The molecule has 0 bridgehead atoms. The minimum atomic E-state index is 0.601. The van der Waals surface area contributed by atoms with E-state index >= 15 is 0 Å². The fraction of sp³-hybridized carbons (Fsp3) is 0.375. The van der Waals surface area contributed by atoms with Crippen LogP contribution in [0.2, 0.25) is 0 Å². The molecule has 3 rings (SSSR count). The molecule has 1 fully saturated rings. The summed E-state index contributed by atoms with van der Waals surface area (Å²) in [5.41, 5.74) is 1.16. The molecule has 0 atom stereocenters. The Hall–Kier alpha value is -2.10. The van der Waals surface area contributed by atoms with Crippen LogP contribution in [0.4, 0.5) is 17.3 Å². The van der Waals surface area contributed by atoms with Gasteiger partial charge in [-0.2, -0.15) is 0 Å². The molecule has 2 aromatic rings. The largest absolute Gasteiger partial charge is 0.367 e. The summed E-state index contributed by atoms with van der Waals surface area (Å²) in [5.74, 6) is 2.69. The molecule has 0 aliphatic heterocycles. The Morgan fingerprint density at radius 1 is 1.20 bits per heavy atom. The maximum absolute atomic E-state index is 4.58. The highest BCUT2D eigenvalue weighted by Crippen LogP contribution is 2.28. The molecule has 1 aliphatic rings. The summed E-state index contributed by atoms with van der Waals surface area (Å²) in [4.78, 5) is 11.3. The van der Waals surface area contributed by atoms with E-state index in [-0.39, 0.29) is 0 Å². The van der Waals surface area contributed by atoms with Crippen LogP contribution in [0.15, 0.2) is 36.4 Å². The van der Waals surface area contributed by atoms with Crippen molar-refractivity contribution in [3.63, 3.8) is 0 Å². The van der Waals surface area contributed by atoms with Crippen molar-refractivity contribution < 1.29 is 0 Å². The second-order valence-corrected chi connectivity index (χ2v) is 5.16. The Kier molecular flexibility index (Phi) is 3.54. The number of nitrogens with zero attached hydrogens (tertiary/aromatic N) is 3. The summed E-state index contributed by atoms with van der Waals surface area (Å²) < 4.78 is 0. The van der Waals surface area contributed by atoms with Crippen LogP contribution in [0, 0.1) is 6.92 Å². The number of aryl methyl sites for hydroxylation is 1. The summed E-state index contributed by atoms with van der Waals surface area (Å²) >= 11 is 0. The molecular weight excluding hydrogens is 248 g/mol. The SMILES string of the molecule is CCN(c1ccccc1)c1cc(NC2CC2)nc(C)n1. The van der Waals surface area contributed by atoms with Gasteiger partial charge in [0.05, 0.1) is 0 Å². The topological polar surface area (TPSA) is 41.0 Å². The molecule has 1 N–H and O–H groups in total. The van der Waals surface area contributed by atoms with Crippen molar-refractivity contribution in [1.29, 1.82) is 0 Å². The van der Waals surface area contributed by atoms with Crippen molar-refractivity contribution in [2.75, 3.05) is 16.8 Å². The smallest absolute Gasteiger partial charge is 0.138 e. The van der Waals surface area contributed by atoms with Crippen molar-refractivity contribution in [1.82, 2.24) is 9.97 Å². The second kappa shape index (κ2) is 5.49. The third-order valence-electron chi connectivity index (χ3n) is 3.41. The van der Waals surface area contributed by atoms with Crippen LogP contribution in [0.3, 0.4) is 0 Å². The predicted octanol–water partition coefficient (Wildman–Crippen LogP) is 3.52. The van der Waals surface area contributed by atoms with E-state index in [0.717, 1.165) is 29.7 Å². The zero-order valence-electron chi connectivity index (χ0n) is 12.0. The van der Waals surface area contributed by atoms with E-state index in [1.807, 2.05) is 19.1 Å². The van der Waals surface area contributed by atoms with E-state index in [1.165, 1.54) is 12.8 Å². The molecule has 1 saturated carbocycles. The highest BCUT2D eigenvalue weighted by atomic mass is 15.2. The van der Waals surface area contributed by atoms with E-state index in [1.54, 1.807) is 0 Å². The first kappa shape index (κ1) is 12.9. The molecule has 1 aromatic heterocycles. The average molecular weight is 268 g/mol. The van der Waals surface area contributed by atoms with E-state index < -0.39 is 0 Å². The summed E-state index contributed by atoms with van der Waals surface area (Å²) in [6, 6.07) is 13.0. The lowest BCUT2D eigenvalue weighted by Gasteiger charge is -2.23. The number of nitrogens with one attached hydrogen (secondary N) is 1. The minimum Gasteiger partial charge on any atom is -0.367 e. The minimum absolute atomic E-state index is 0.601. The molecule has 4 heteroatoms. The molecule has 0 saturated heterocycles. The highest BCUT2D eigenvalue weighted by Gasteiger charge is 2.22. The van der Waals surface area contributed by atoms with Crippen LogP contribution < -0.4 is 10.2 Å². The normalized spacial score (nSPS) is 14.1. The second-order valence-electron chi connectivity index (χ2n) is 5.16. The summed E-state index contributed by atoms with van der Waals surface area (Å²) in [6.45, 7) is 4.96. The van der Waals surface area contributed by atoms with E-state index in [4.69, 9.17) is 0 Å². The number of hydrogen-bond acceptors (Lipinski definition) is 4. The lowest BCUT2D eigenvalue weighted by atomic mass is 10.3. The fourth-order valence-corrected chi connectivity index (χ4v) is 2.29. The zero-order chi connectivity index (χ0) is 13.9. The van der Waals surface area contributed by atoms with Gasteiger partial charge in [0.15, 0.2) is 0 Å². The van der Waals surface area contributed by atoms with Gasteiger partial charge < -0.3 is 10.2 Å². The van der Waals surface area contributed by atoms with Gasteiger partial charge in [0, 0.05) is 24.3 Å². The van der Waals surface area contributed by atoms with Gasteiger partial charge in [-0.05, 0) is 38.8 Å². The number of rotatable bonds is 5. The van der Waals surface area contributed by atoms with Crippen LogP contribution in [-0.4, -0.2) is 22.6 Å². The van der Waals surface area contributed by atoms with Crippen molar-refractivity contribution in [2.45, 2.75) is 32.7 Å². The van der Waals surface area contributed by atoms with E-state index in [0.29, 0.717) is 6.04 Å². The van der Waals surface area contributed by atoms with Crippen molar-refractivity contribution in [3.05, 3.63) is 42.2 Å². The molecule has 1 aromatic carbocycles. The van der Waals surface area contributed by atoms with Gasteiger partial charge in [-0.1, -0.05) is 18.2 Å². The number of aromatic nitrogens is 2. The monoisotopic (exact) mass is 268 g/mol. The maximum atomic E-state index is 4.58. The molecule has 1 aliphatic carbocycles. The van der Waals surface area contributed by atoms with Crippen LogP contribution in [0.25, 0.3) is 0 Å². The van der Waals surface area contributed by atoms with Gasteiger partial charge in [-0.25, -0.2) is 9.97 Å². The van der Waals surface area contributed by atoms with Gasteiger partial charge >= 0.3 is 0 Å². The van der Waals surface area contributed by atoms with Gasteiger partial charge in [0.1, 0.15) is 17.5 Å². The van der Waals surface area contributed by atoms with Crippen molar-refractivity contribution in [3.8, 4) is 0 Å². The molecule has 0 radical (unpaired) electrons. The molecule has 104 valence electrons. The van der Waals surface area contributed by atoms with Gasteiger partial charge in [-0.15, -0.1) is 0 Å². The molecule has 0 spiro atoms. The Bertz CT molecular complexity index is 578. The first-order valence-corrected chi connectivity index (χ1v) is 7.21. The third kappa shape index (κ3) is 2.90. The first-order chi connectivity index (χ1) is 9.76. The average Bonchev–Trinajstić information content (AvgIpc) is 3.24. The van der Waals surface area contributed by atoms with Crippen LogP contribution in [0.5, 0.6) is 0 Å². The highest BCUT2D eigenvalue weighted by molar-refractivity contribution is 5.62. The molecule has 20 heavy (non-hydrogen) atoms. The molecule has 0 amide bonds. The van der Waals surface area contributed by atoms with Gasteiger partial charge in [0.25, 0.3) is 0 Å². The van der Waals surface area contributed by atoms with Crippen LogP contribution in [0.1, 0.15) is 25.6 Å². The molecule has 0 unspecified atom stereocenters. The Labute approximate surface area is 119 Å². The number of hydrogen-bond donors (Lipinski definition) is 1. The van der Waals surface area contributed by atoms with Crippen molar-refractivity contribution in [2.24, 2.45) is 0 Å². The maximum Gasteiger partial charge on any atom is 0.138 e. The van der Waals surface area contributed by atoms with E-state index in [2.05, 4.69) is 51.4 Å². The molecular formula is C16H20N4. The summed E-state index contributed by atoms with van der Waals surface area (Å²) in [5, 5.41) is 3.45. The lowest BCUT2D eigenvalue weighted by Crippen LogP contribution is -2.18. The zero-order valence-corrected chi connectivity index (χ0v) is 12.0. The fourth-order valence-electron chi connectivity index (χ4n) is 2.29. The molecule has 4 nitrogen and oxygen atoms in total.